The van der Waals surface area contributed by atoms with Crippen LogP contribution in [0.15, 0.2) is 48.5 Å². The standard InChI is InChI=1S/C18H15ClN4OS/c1-11-17(21-15-9-5-4-8-14(15)20-11)22-23-16(24)10-25-18(23)12-6-2-3-7-13(12)19/h2-9,18H,10H2,1H3,(H,21,22). The Bertz CT molecular complexity index is 965. The Morgan fingerprint density at radius 3 is 2.56 bits per heavy atom. The summed E-state index contributed by atoms with van der Waals surface area (Å²) in [4.78, 5) is 21.6. The second kappa shape index (κ2) is 6.54. The maximum Gasteiger partial charge on any atom is 0.252 e. The van der Waals surface area contributed by atoms with Gasteiger partial charge in [0.1, 0.15) is 5.37 Å². The van der Waals surface area contributed by atoms with Crippen molar-refractivity contribution in [3.63, 3.8) is 0 Å². The van der Waals surface area contributed by atoms with E-state index in [0.29, 0.717) is 16.6 Å². The summed E-state index contributed by atoms with van der Waals surface area (Å²) in [5, 5.41) is 2.04. The molecule has 1 N–H and O–H groups in total. The lowest BCUT2D eigenvalue weighted by atomic mass is 10.2. The van der Waals surface area contributed by atoms with Gasteiger partial charge in [-0.15, -0.1) is 11.8 Å². The van der Waals surface area contributed by atoms with Crippen molar-refractivity contribution in [2.45, 2.75) is 12.3 Å². The van der Waals surface area contributed by atoms with Crippen molar-refractivity contribution in [1.29, 1.82) is 0 Å². The molecule has 2 heterocycles. The largest absolute Gasteiger partial charge is 0.276 e. The van der Waals surface area contributed by atoms with E-state index in [4.69, 9.17) is 11.6 Å². The van der Waals surface area contributed by atoms with Crippen LogP contribution in [0.1, 0.15) is 16.6 Å². The summed E-state index contributed by atoms with van der Waals surface area (Å²) in [7, 11) is 0. The summed E-state index contributed by atoms with van der Waals surface area (Å²) in [6.45, 7) is 1.87. The number of fused-ring (bicyclic) bond motifs is 1. The second-order valence-corrected chi connectivity index (χ2v) is 7.18. The summed E-state index contributed by atoms with van der Waals surface area (Å²) in [6.07, 6.45) is 0. The van der Waals surface area contributed by atoms with Gasteiger partial charge in [-0.1, -0.05) is 41.9 Å². The molecule has 126 valence electrons. The number of aromatic nitrogens is 2. The summed E-state index contributed by atoms with van der Waals surface area (Å²) in [5.74, 6) is 0.957. The molecule has 4 rings (SSSR count). The van der Waals surface area contributed by atoms with Gasteiger partial charge in [0.05, 0.1) is 22.5 Å². The van der Waals surface area contributed by atoms with Gasteiger partial charge < -0.3 is 0 Å². The molecule has 1 amide bonds. The number of aryl methyl sites for hydroxylation is 1. The van der Waals surface area contributed by atoms with Crippen molar-refractivity contribution < 1.29 is 4.79 Å². The van der Waals surface area contributed by atoms with Crippen molar-refractivity contribution in [3.8, 4) is 0 Å². The highest BCUT2D eigenvalue weighted by molar-refractivity contribution is 8.00. The molecule has 0 radical (unpaired) electrons. The summed E-state index contributed by atoms with van der Waals surface area (Å²) >= 11 is 7.86. The lowest BCUT2D eigenvalue weighted by Gasteiger charge is -2.26. The molecule has 2 aromatic carbocycles. The highest BCUT2D eigenvalue weighted by atomic mass is 35.5. The average Bonchev–Trinajstić information content (AvgIpc) is 2.97. The quantitative estimate of drug-likeness (QED) is 0.749. The number of thioether (sulfide) groups is 1. The Hall–Kier alpha value is -2.31. The van der Waals surface area contributed by atoms with Crippen LogP contribution in [-0.4, -0.2) is 26.6 Å². The SMILES string of the molecule is Cc1nc2ccccc2nc1NN1C(=O)CSC1c1ccccc1Cl. The number of hydrogen-bond acceptors (Lipinski definition) is 5. The first-order valence-corrected chi connectivity index (χ1v) is 9.24. The first-order chi connectivity index (χ1) is 12.1. The topological polar surface area (TPSA) is 58.1 Å². The number of benzene rings is 2. The highest BCUT2D eigenvalue weighted by Gasteiger charge is 2.35. The third-order valence-corrected chi connectivity index (χ3v) is 5.55. The molecule has 0 aliphatic carbocycles. The fraction of sp³-hybridized carbons (Fsp3) is 0.167. The van der Waals surface area contributed by atoms with Gasteiger partial charge in [0.25, 0.3) is 5.91 Å². The minimum atomic E-state index is -0.200. The minimum absolute atomic E-state index is 0.00993. The first kappa shape index (κ1) is 16.2. The molecule has 1 aromatic heterocycles. The number of nitrogens with zero attached hydrogens (tertiary/aromatic N) is 3. The van der Waals surface area contributed by atoms with Gasteiger partial charge in [0.2, 0.25) is 0 Å². The average molecular weight is 371 g/mol. The fourth-order valence-corrected chi connectivity index (χ4v) is 4.21. The van der Waals surface area contributed by atoms with Crippen molar-refractivity contribution >= 4 is 46.1 Å². The fourth-order valence-electron chi connectivity index (χ4n) is 2.76. The normalized spacial score (nSPS) is 17.3. The summed E-state index contributed by atoms with van der Waals surface area (Å²) < 4.78 is 0. The van der Waals surface area contributed by atoms with E-state index in [0.717, 1.165) is 22.3 Å². The van der Waals surface area contributed by atoms with Crippen LogP contribution in [0.3, 0.4) is 0 Å². The van der Waals surface area contributed by atoms with Crippen molar-refractivity contribution in [3.05, 3.63) is 64.8 Å². The van der Waals surface area contributed by atoms with Crippen molar-refractivity contribution in [2.24, 2.45) is 0 Å². The van der Waals surface area contributed by atoms with E-state index in [2.05, 4.69) is 15.4 Å². The van der Waals surface area contributed by atoms with E-state index in [9.17, 15) is 4.79 Å². The predicted molar refractivity (Wildman–Crippen MR) is 101 cm³/mol. The van der Waals surface area contributed by atoms with Crippen LogP contribution in [0.4, 0.5) is 5.82 Å². The van der Waals surface area contributed by atoms with Gasteiger partial charge >= 0.3 is 0 Å². The number of halogens is 1. The molecule has 1 fully saturated rings. The van der Waals surface area contributed by atoms with E-state index >= 15 is 0 Å². The van der Waals surface area contributed by atoms with E-state index in [1.54, 1.807) is 5.01 Å². The lowest BCUT2D eigenvalue weighted by molar-refractivity contribution is -0.126. The third kappa shape index (κ3) is 3.03. The van der Waals surface area contributed by atoms with E-state index in [-0.39, 0.29) is 11.3 Å². The van der Waals surface area contributed by atoms with Crippen molar-refractivity contribution in [1.82, 2.24) is 15.0 Å². The number of nitrogens with one attached hydrogen (secondary N) is 1. The van der Waals surface area contributed by atoms with E-state index in [1.807, 2.05) is 55.5 Å². The zero-order valence-corrected chi connectivity index (χ0v) is 15.0. The molecule has 25 heavy (non-hydrogen) atoms. The molecule has 7 heteroatoms. The van der Waals surface area contributed by atoms with Gasteiger partial charge in [-0.05, 0) is 25.1 Å². The maximum atomic E-state index is 12.4. The molecule has 0 bridgehead atoms. The number of anilines is 1. The third-order valence-electron chi connectivity index (χ3n) is 4.01. The number of hydrazine groups is 1. The van der Waals surface area contributed by atoms with Crippen LogP contribution in [-0.2, 0) is 4.79 Å². The number of carbonyl (C=O) groups is 1. The Labute approximate surface area is 154 Å². The second-order valence-electron chi connectivity index (χ2n) is 5.71. The highest BCUT2D eigenvalue weighted by Crippen LogP contribution is 2.41. The molecular weight excluding hydrogens is 356 g/mol. The van der Waals surface area contributed by atoms with E-state index < -0.39 is 0 Å². The maximum absolute atomic E-state index is 12.4. The molecule has 5 nitrogen and oxygen atoms in total. The van der Waals surface area contributed by atoms with Gasteiger partial charge in [-0.25, -0.2) is 15.0 Å². The number of rotatable bonds is 3. The molecule has 0 spiro atoms. The summed E-state index contributed by atoms with van der Waals surface area (Å²) in [6, 6.07) is 15.2. The van der Waals surface area contributed by atoms with Gasteiger partial charge in [-0.2, -0.15) is 0 Å². The van der Waals surface area contributed by atoms with E-state index in [1.165, 1.54) is 11.8 Å². The van der Waals surface area contributed by atoms with Crippen molar-refractivity contribution in [2.75, 3.05) is 11.2 Å². The van der Waals surface area contributed by atoms with Gasteiger partial charge in [0, 0.05) is 10.6 Å². The van der Waals surface area contributed by atoms with Gasteiger partial charge in [0.15, 0.2) is 5.82 Å². The minimum Gasteiger partial charge on any atom is -0.276 e. The van der Waals surface area contributed by atoms with Crippen LogP contribution in [0.2, 0.25) is 5.02 Å². The molecular formula is C18H15ClN4OS. The molecule has 1 aliphatic heterocycles. The molecule has 1 aliphatic rings. The van der Waals surface area contributed by atoms with Gasteiger partial charge in [-0.3, -0.25) is 10.2 Å². The Morgan fingerprint density at radius 2 is 1.80 bits per heavy atom. The Morgan fingerprint density at radius 1 is 1.12 bits per heavy atom. The summed E-state index contributed by atoms with van der Waals surface area (Å²) in [5.41, 5.74) is 6.41. The number of hydrogen-bond donors (Lipinski definition) is 1. The Balaban J connectivity index is 1.70. The molecule has 1 saturated heterocycles. The monoisotopic (exact) mass is 370 g/mol. The zero-order chi connectivity index (χ0) is 17.4. The van der Waals surface area contributed by atoms with Crippen LogP contribution in [0.5, 0.6) is 0 Å². The number of carbonyl (C=O) groups excluding carboxylic acids is 1. The number of amides is 1. The van der Waals surface area contributed by atoms with Crippen LogP contribution in [0.25, 0.3) is 11.0 Å². The molecule has 3 aromatic rings. The predicted octanol–water partition coefficient (Wildman–Crippen LogP) is 4.19. The lowest BCUT2D eigenvalue weighted by Crippen LogP contribution is -2.34. The zero-order valence-electron chi connectivity index (χ0n) is 13.4. The van der Waals surface area contributed by atoms with Crippen LogP contribution < -0.4 is 5.43 Å². The molecule has 0 saturated carbocycles. The van der Waals surface area contributed by atoms with Crippen LogP contribution in [0, 0.1) is 6.92 Å². The smallest absolute Gasteiger partial charge is 0.252 e. The Kier molecular flexibility index (Phi) is 4.23. The molecule has 1 atom stereocenters. The van der Waals surface area contributed by atoms with Crippen LogP contribution >= 0.6 is 23.4 Å². The first-order valence-electron chi connectivity index (χ1n) is 7.81. The molecule has 1 unspecified atom stereocenters. The number of para-hydroxylation sites is 2.